The van der Waals surface area contributed by atoms with Gasteiger partial charge in [-0.2, -0.15) is 5.10 Å². The molecule has 0 aliphatic carbocycles. The highest BCUT2D eigenvalue weighted by Crippen LogP contribution is 2.22. The second kappa shape index (κ2) is 8.89. The summed E-state index contributed by atoms with van der Waals surface area (Å²) < 4.78 is 0. The van der Waals surface area contributed by atoms with Crippen LogP contribution in [0.3, 0.4) is 0 Å². The third-order valence-electron chi connectivity index (χ3n) is 3.84. The van der Waals surface area contributed by atoms with Crippen molar-refractivity contribution in [2.24, 2.45) is 5.10 Å². The summed E-state index contributed by atoms with van der Waals surface area (Å²) in [6.07, 6.45) is 1.34. The number of carbonyl (C=O) groups excluding carboxylic acids is 2. The summed E-state index contributed by atoms with van der Waals surface area (Å²) in [4.78, 5) is 35.1. The van der Waals surface area contributed by atoms with E-state index in [1.807, 2.05) is 19.1 Å². The number of nitrogens with zero attached hydrogens (tertiary/aromatic N) is 2. The Bertz CT molecular complexity index is 1090. The minimum Gasteiger partial charge on any atom is -0.322 e. The van der Waals surface area contributed by atoms with Crippen LogP contribution in [-0.2, 0) is 0 Å². The van der Waals surface area contributed by atoms with Gasteiger partial charge < -0.3 is 5.32 Å². The van der Waals surface area contributed by atoms with E-state index in [9.17, 15) is 19.7 Å². The van der Waals surface area contributed by atoms with Crippen molar-refractivity contribution < 1.29 is 14.5 Å². The van der Waals surface area contributed by atoms with Crippen molar-refractivity contribution in [2.45, 2.75) is 6.92 Å². The molecule has 0 spiro atoms. The van der Waals surface area contributed by atoms with E-state index in [1.54, 1.807) is 42.5 Å². The molecule has 0 fully saturated rings. The lowest BCUT2D eigenvalue weighted by Crippen LogP contribution is -2.17. The molecule has 0 aliphatic rings. The summed E-state index contributed by atoms with van der Waals surface area (Å²) in [6, 6.07) is 16.5. The van der Waals surface area contributed by atoms with E-state index >= 15 is 0 Å². The summed E-state index contributed by atoms with van der Waals surface area (Å²) in [5.41, 5.74) is 4.81. The highest BCUT2D eigenvalue weighted by atomic mass is 32.1. The molecule has 1 aromatic heterocycles. The van der Waals surface area contributed by atoms with Gasteiger partial charge in [-0.1, -0.05) is 29.0 Å². The molecule has 1 heterocycles. The molecule has 2 amide bonds. The molecule has 9 heteroatoms. The van der Waals surface area contributed by atoms with Crippen molar-refractivity contribution in [1.82, 2.24) is 5.43 Å². The van der Waals surface area contributed by atoms with Crippen LogP contribution in [-0.4, -0.2) is 23.0 Å². The van der Waals surface area contributed by atoms with E-state index in [-0.39, 0.29) is 10.9 Å². The highest BCUT2D eigenvalue weighted by molar-refractivity contribution is 7.16. The molecule has 3 aromatic rings. The van der Waals surface area contributed by atoms with Crippen LogP contribution in [0.25, 0.3) is 0 Å². The van der Waals surface area contributed by atoms with E-state index in [1.165, 1.54) is 12.3 Å². The Kier molecular flexibility index (Phi) is 6.10. The molecule has 146 valence electrons. The zero-order chi connectivity index (χ0) is 20.8. The van der Waals surface area contributed by atoms with Crippen molar-refractivity contribution in [1.29, 1.82) is 0 Å². The van der Waals surface area contributed by atoms with Gasteiger partial charge in [-0.3, -0.25) is 19.7 Å². The Morgan fingerprint density at radius 3 is 2.45 bits per heavy atom. The molecule has 2 N–H and O–H groups in total. The van der Waals surface area contributed by atoms with Crippen molar-refractivity contribution in [3.8, 4) is 0 Å². The summed E-state index contributed by atoms with van der Waals surface area (Å²) >= 11 is 0.955. The number of thiophene rings is 1. The zero-order valence-corrected chi connectivity index (χ0v) is 16.1. The smallest absolute Gasteiger partial charge is 0.322 e. The summed E-state index contributed by atoms with van der Waals surface area (Å²) in [5, 5.41) is 17.2. The van der Waals surface area contributed by atoms with Gasteiger partial charge in [0, 0.05) is 22.9 Å². The number of nitro groups is 1. The van der Waals surface area contributed by atoms with Crippen LogP contribution in [0.5, 0.6) is 0 Å². The SMILES string of the molecule is Cc1cccc(C(=O)Nc2ccc(C(=O)N/N=C\c3ccc([N+](=O)[O-])s3)cc2)c1. The largest absolute Gasteiger partial charge is 0.324 e. The van der Waals surface area contributed by atoms with Crippen LogP contribution in [0.15, 0.2) is 65.8 Å². The first-order valence-corrected chi connectivity index (χ1v) is 9.30. The van der Waals surface area contributed by atoms with Crippen molar-refractivity contribution >= 4 is 40.1 Å². The number of benzene rings is 2. The fourth-order valence-electron chi connectivity index (χ4n) is 2.42. The zero-order valence-electron chi connectivity index (χ0n) is 15.3. The molecule has 0 radical (unpaired) electrons. The number of anilines is 1. The topological polar surface area (TPSA) is 114 Å². The second-order valence-electron chi connectivity index (χ2n) is 6.03. The molecule has 0 unspecified atom stereocenters. The molecular weight excluding hydrogens is 392 g/mol. The van der Waals surface area contributed by atoms with Crippen LogP contribution in [0.4, 0.5) is 10.7 Å². The number of amides is 2. The third kappa shape index (κ3) is 5.33. The minimum atomic E-state index is -0.486. The molecule has 29 heavy (non-hydrogen) atoms. The number of hydrogen-bond acceptors (Lipinski definition) is 6. The van der Waals surface area contributed by atoms with Gasteiger partial charge in [0.2, 0.25) is 0 Å². The Morgan fingerprint density at radius 2 is 1.79 bits per heavy atom. The molecule has 2 aromatic carbocycles. The van der Waals surface area contributed by atoms with E-state index in [0.717, 1.165) is 16.9 Å². The van der Waals surface area contributed by atoms with Crippen LogP contribution in [0, 0.1) is 17.0 Å². The van der Waals surface area contributed by atoms with Crippen LogP contribution in [0.2, 0.25) is 0 Å². The van der Waals surface area contributed by atoms with Gasteiger partial charge in [0.15, 0.2) is 0 Å². The number of rotatable bonds is 6. The molecule has 0 aliphatic heterocycles. The molecule has 0 bridgehead atoms. The number of aryl methyl sites for hydroxylation is 1. The standard InChI is InChI=1S/C20H16N4O4S/c1-13-3-2-4-15(11-13)19(25)22-16-7-5-14(6-8-16)20(26)23-21-12-17-9-10-18(29-17)24(27)28/h2-12H,1H3,(H,22,25)(H,23,26)/b21-12-. The summed E-state index contributed by atoms with van der Waals surface area (Å²) in [5.74, 6) is -0.676. The maximum atomic E-state index is 12.3. The fraction of sp³-hybridized carbons (Fsp3) is 0.0500. The van der Waals surface area contributed by atoms with Gasteiger partial charge in [-0.25, -0.2) is 5.43 Å². The summed E-state index contributed by atoms with van der Waals surface area (Å²) in [6.45, 7) is 1.91. The first-order valence-electron chi connectivity index (χ1n) is 8.48. The number of hydrazone groups is 1. The minimum absolute atomic E-state index is 0.000996. The van der Waals surface area contributed by atoms with E-state index in [0.29, 0.717) is 21.7 Å². The van der Waals surface area contributed by atoms with Gasteiger partial charge in [0.25, 0.3) is 11.8 Å². The van der Waals surface area contributed by atoms with Gasteiger partial charge in [0.1, 0.15) is 0 Å². The van der Waals surface area contributed by atoms with Crippen molar-refractivity contribution in [2.75, 3.05) is 5.32 Å². The number of hydrogen-bond donors (Lipinski definition) is 2. The van der Waals surface area contributed by atoms with Gasteiger partial charge in [-0.05, 0) is 49.4 Å². The molecule has 3 rings (SSSR count). The van der Waals surface area contributed by atoms with Gasteiger partial charge >= 0.3 is 5.00 Å². The Labute approximate surface area is 170 Å². The predicted octanol–water partition coefficient (Wildman–Crippen LogP) is 3.98. The Balaban J connectivity index is 1.57. The lowest BCUT2D eigenvalue weighted by molar-refractivity contribution is -0.380. The Morgan fingerprint density at radius 1 is 1.03 bits per heavy atom. The normalized spacial score (nSPS) is 10.7. The maximum Gasteiger partial charge on any atom is 0.324 e. The van der Waals surface area contributed by atoms with Crippen LogP contribution in [0.1, 0.15) is 31.2 Å². The number of carbonyl (C=O) groups is 2. The average molecular weight is 408 g/mol. The summed E-state index contributed by atoms with van der Waals surface area (Å²) in [7, 11) is 0. The lowest BCUT2D eigenvalue weighted by atomic mass is 10.1. The third-order valence-corrected chi connectivity index (χ3v) is 4.81. The maximum absolute atomic E-state index is 12.3. The molecule has 0 saturated heterocycles. The second-order valence-corrected chi connectivity index (χ2v) is 7.13. The molecule has 0 saturated carbocycles. The van der Waals surface area contributed by atoms with Crippen molar-refractivity contribution in [3.05, 3.63) is 92.3 Å². The monoisotopic (exact) mass is 408 g/mol. The van der Waals surface area contributed by atoms with Crippen LogP contribution >= 0.6 is 11.3 Å². The van der Waals surface area contributed by atoms with Crippen LogP contribution < -0.4 is 10.7 Å². The van der Waals surface area contributed by atoms with Crippen molar-refractivity contribution in [3.63, 3.8) is 0 Å². The Hall–Kier alpha value is -3.85. The van der Waals surface area contributed by atoms with E-state index in [4.69, 9.17) is 0 Å². The quantitative estimate of drug-likeness (QED) is 0.365. The molecule has 0 atom stereocenters. The molecular formula is C20H16N4O4S. The van der Waals surface area contributed by atoms with E-state index in [2.05, 4.69) is 15.8 Å². The first kappa shape index (κ1) is 19.9. The first-order chi connectivity index (χ1) is 13.9. The highest BCUT2D eigenvalue weighted by Gasteiger charge is 2.09. The number of nitrogens with one attached hydrogen (secondary N) is 2. The predicted molar refractivity (Wildman–Crippen MR) is 112 cm³/mol. The lowest BCUT2D eigenvalue weighted by Gasteiger charge is -2.07. The van der Waals surface area contributed by atoms with E-state index < -0.39 is 10.8 Å². The molecule has 8 nitrogen and oxygen atoms in total. The fourth-order valence-corrected chi connectivity index (χ4v) is 3.12. The average Bonchev–Trinajstić information content (AvgIpc) is 3.18. The van der Waals surface area contributed by atoms with Gasteiger partial charge in [0.05, 0.1) is 16.0 Å². The van der Waals surface area contributed by atoms with Gasteiger partial charge in [-0.15, -0.1) is 0 Å².